The van der Waals surface area contributed by atoms with Crippen molar-refractivity contribution in [1.29, 1.82) is 0 Å². The predicted octanol–water partition coefficient (Wildman–Crippen LogP) is 5.54. The van der Waals surface area contributed by atoms with Crippen LogP contribution in [0.5, 0.6) is 0 Å². The second-order valence-electron chi connectivity index (χ2n) is 19.5. The van der Waals surface area contributed by atoms with Crippen LogP contribution in [0, 0.1) is 11.8 Å². The molecule has 3 saturated carbocycles. The Morgan fingerprint density at radius 3 is 1.58 bits per heavy atom. The Hall–Kier alpha value is -3.83. The van der Waals surface area contributed by atoms with Gasteiger partial charge >= 0.3 is 0 Å². The largest absolute Gasteiger partial charge is 0.352 e. The van der Waals surface area contributed by atoms with Gasteiger partial charge in [-0.2, -0.15) is 0 Å². The number of pyridine rings is 1. The molecular weight excluding hydrogens is 701 g/mol. The first-order chi connectivity index (χ1) is 28.3. The van der Waals surface area contributed by atoms with Crippen LogP contribution in [0.25, 0.3) is 0 Å². The van der Waals surface area contributed by atoms with Crippen LogP contribution in [0.15, 0.2) is 108 Å². The van der Waals surface area contributed by atoms with Crippen molar-refractivity contribution in [2.75, 3.05) is 36.0 Å². The van der Waals surface area contributed by atoms with E-state index in [4.69, 9.17) is 4.98 Å². The summed E-state index contributed by atoms with van der Waals surface area (Å²) < 4.78 is 0. The van der Waals surface area contributed by atoms with Crippen molar-refractivity contribution in [1.82, 2.24) is 36.1 Å². The summed E-state index contributed by atoms with van der Waals surface area (Å²) in [6.45, 7) is 4.90. The molecule has 1 aromatic heterocycles. The number of hydrogen-bond donors (Lipinski definition) is 4. The molecule has 2 aromatic carbocycles. The maximum atomic E-state index is 5.19. The number of para-hydroxylation sites is 2. The minimum absolute atomic E-state index is 0.263. The van der Waals surface area contributed by atoms with Gasteiger partial charge in [0.2, 0.25) is 0 Å². The molecule has 9 nitrogen and oxygen atoms in total. The highest BCUT2D eigenvalue weighted by atomic mass is 15.5. The molecule has 57 heavy (non-hydrogen) atoms. The van der Waals surface area contributed by atoms with Crippen molar-refractivity contribution < 1.29 is 0 Å². The van der Waals surface area contributed by atoms with E-state index >= 15 is 0 Å². The Morgan fingerprint density at radius 2 is 1.07 bits per heavy atom. The van der Waals surface area contributed by atoms with Crippen molar-refractivity contribution >= 4 is 18.1 Å². The molecule has 0 bridgehead atoms. The zero-order chi connectivity index (χ0) is 36.9. The first-order valence-electron chi connectivity index (χ1n) is 22.9. The van der Waals surface area contributed by atoms with Crippen LogP contribution in [-0.2, 0) is 0 Å². The molecule has 7 fully saturated rings. The lowest BCUT2D eigenvalue weighted by Gasteiger charge is -2.68. The molecule has 8 aliphatic heterocycles. The molecule has 3 aliphatic carbocycles. The van der Waals surface area contributed by atoms with Gasteiger partial charge in [-0.05, 0) is 90.7 Å². The SMILES string of the molecule is c1ccc(N2C3=C(C4CCCC5B6C7CCCC8C9=C(N(c%10ccccc%10)C%10NCCNC9%10)N(C9CC(c%10ccccn%10)CC(C69)N3C54)C78)C3NCCNC32)cc1. The van der Waals surface area contributed by atoms with Crippen LogP contribution in [0.1, 0.15) is 63.0 Å². The van der Waals surface area contributed by atoms with Crippen molar-refractivity contribution in [3.8, 4) is 0 Å². The van der Waals surface area contributed by atoms with Gasteiger partial charge < -0.3 is 30.2 Å². The van der Waals surface area contributed by atoms with Gasteiger partial charge in [0.05, 0.1) is 12.1 Å². The third kappa shape index (κ3) is 4.33. The predicted molar refractivity (Wildman–Crippen MR) is 226 cm³/mol. The van der Waals surface area contributed by atoms with E-state index in [1.165, 1.54) is 68.4 Å². The summed E-state index contributed by atoms with van der Waals surface area (Å²) in [6.07, 6.45) is 13.2. The highest BCUT2D eigenvalue weighted by Crippen LogP contribution is 2.70. The number of nitrogens with zero attached hydrogens (tertiary/aromatic N) is 5. The monoisotopic (exact) mass is 757 g/mol. The van der Waals surface area contributed by atoms with Gasteiger partial charge in [-0.15, -0.1) is 0 Å². The van der Waals surface area contributed by atoms with Gasteiger partial charge in [-0.25, -0.2) is 0 Å². The van der Waals surface area contributed by atoms with Gasteiger partial charge in [0.1, 0.15) is 24.0 Å². The van der Waals surface area contributed by atoms with Gasteiger partial charge in [0.25, 0.3) is 0 Å². The number of hydrogen-bond acceptors (Lipinski definition) is 9. The number of rotatable bonds is 3. The molecule has 0 spiro atoms. The minimum Gasteiger partial charge on any atom is -0.352 e. The van der Waals surface area contributed by atoms with Crippen LogP contribution in [0.4, 0.5) is 11.4 Å². The van der Waals surface area contributed by atoms with Crippen LogP contribution in [0.2, 0.25) is 17.5 Å². The first-order valence-corrected chi connectivity index (χ1v) is 22.9. The molecule has 3 aromatic rings. The van der Waals surface area contributed by atoms with Crippen molar-refractivity contribution in [2.45, 2.75) is 123 Å². The highest BCUT2D eigenvalue weighted by molar-refractivity contribution is 6.65. The average Bonchev–Trinajstić information content (AvgIpc) is 4.00. The summed E-state index contributed by atoms with van der Waals surface area (Å²) in [4.78, 5) is 17.1. The minimum atomic E-state index is 0.263. The number of piperazine rings is 2. The third-order valence-electron chi connectivity index (χ3n) is 17.5. The molecule has 12 atom stereocenters. The van der Waals surface area contributed by atoms with E-state index in [1.54, 1.807) is 22.8 Å². The number of benzene rings is 2. The Balaban J connectivity index is 0.975. The second-order valence-corrected chi connectivity index (χ2v) is 19.5. The van der Waals surface area contributed by atoms with Crippen LogP contribution in [0.3, 0.4) is 0 Å². The van der Waals surface area contributed by atoms with Gasteiger partial charge in [0.15, 0.2) is 6.71 Å². The van der Waals surface area contributed by atoms with E-state index in [9.17, 15) is 0 Å². The summed E-state index contributed by atoms with van der Waals surface area (Å²) in [7, 11) is 0. The third-order valence-corrected chi connectivity index (χ3v) is 17.5. The topological polar surface area (TPSA) is 74.0 Å². The standard InChI is InChI=1S/C47H56BN9/c1-3-11-28(12-4-1)54-44-40(50-21-23-52-44)37-30-15-9-17-32-42(30)56(46(37)54)35-25-27(34-19-7-8-20-49-34)26-36-39(35)48(32)33-18-10-16-31-38-41-45(53-24-22-51-41)55(29-13-5-2-6-14-29)47(38)57(36)43(31)33/h1-8,11-14,19-20,27,30-33,35-36,39-45,50-53H,9-10,15-18,21-26H2. The van der Waals surface area contributed by atoms with Gasteiger partial charge in [-0.3, -0.25) is 15.6 Å². The molecule has 10 heteroatoms. The zero-order valence-electron chi connectivity index (χ0n) is 33.0. The van der Waals surface area contributed by atoms with Crippen LogP contribution < -0.4 is 31.1 Å². The number of nitrogens with one attached hydrogen (secondary N) is 4. The fraction of sp³-hybridized carbons (Fsp3) is 0.553. The van der Waals surface area contributed by atoms with Crippen molar-refractivity contribution in [3.63, 3.8) is 0 Å². The normalized spacial score (nSPS) is 42.0. The van der Waals surface area contributed by atoms with E-state index in [-0.39, 0.29) is 12.3 Å². The maximum Gasteiger partial charge on any atom is 0.159 e. The van der Waals surface area contributed by atoms with E-state index in [1.807, 2.05) is 0 Å². The van der Waals surface area contributed by atoms with E-state index < -0.39 is 0 Å². The Labute approximate surface area is 337 Å². The van der Waals surface area contributed by atoms with E-state index in [0.717, 1.165) is 44.5 Å². The Kier molecular flexibility index (Phi) is 7.16. The number of aromatic nitrogens is 1. The molecule has 292 valence electrons. The molecule has 0 amide bonds. The fourth-order valence-electron chi connectivity index (χ4n) is 16.2. The summed E-state index contributed by atoms with van der Waals surface area (Å²) in [5.74, 6) is 7.01. The van der Waals surface area contributed by atoms with Crippen LogP contribution in [-0.4, -0.2) is 96.3 Å². The second kappa shape index (κ2) is 12.4. The molecule has 4 saturated heterocycles. The highest BCUT2D eigenvalue weighted by Gasteiger charge is 2.72. The molecule has 9 heterocycles. The smallest absolute Gasteiger partial charge is 0.159 e. The van der Waals surface area contributed by atoms with Gasteiger partial charge in [0, 0.05) is 91.4 Å². The summed E-state index contributed by atoms with van der Waals surface area (Å²) in [5.41, 5.74) is 7.51. The first kappa shape index (κ1) is 33.1. The number of anilines is 2. The van der Waals surface area contributed by atoms with Gasteiger partial charge in [-0.1, -0.05) is 68.1 Å². The lowest BCUT2D eigenvalue weighted by molar-refractivity contribution is 0.00853. The molecule has 11 aliphatic rings. The van der Waals surface area contributed by atoms with Crippen molar-refractivity contribution in [3.05, 3.63) is 114 Å². The van der Waals surface area contributed by atoms with E-state index in [0.29, 0.717) is 59.8 Å². The molecular formula is C47H56BN9. The quantitative estimate of drug-likeness (QED) is 0.258. The lowest BCUT2D eigenvalue weighted by atomic mass is 9.18. The summed E-state index contributed by atoms with van der Waals surface area (Å²) in [5, 5.41) is 16.4. The average molecular weight is 758 g/mol. The number of fused-ring (bicyclic) bond motifs is 12. The summed E-state index contributed by atoms with van der Waals surface area (Å²) >= 11 is 0. The lowest BCUT2D eigenvalue weighted by Crippen LogP contribution is -2.73. The molecule has 4 N–H and O–H groups in total. The fourth-order valence-corrected chi connectivity index (χ4v) is 16.2. The molecule has 14 rings (SSSR count). The van der Waals surface area contributed by atoms with E-state index in [2.05, 4.69) is 126 Å². The van der Waals surface area contributed by atoms with Crippen LogP contribution >= 0.6 is 0 Å². The maximum absolute atomic E-state index is 5.19. The molecule has 12 unspecified atom stereocenters. The Morgan fingerprint density at radius 1 is 0.561 bits per heavy atom. The Bertz CT molecular complexity index is 2000. The van der Waals surface area contributed by atoms with Crippen molar-refractivity contribution in [2.24, 2.45) is 11.8 Å². The zero-order valence-corrected chi connectivity index (χ0v) is 33.0. The molecule has 0 radical (unpaired) electrons. The summed E-state index contributed by atoms with van der Waals surface area (Å²) in [6, 6.07) is 32.5.